The quantitative estimate of drug-likeness (QED) is 0.514. The molecule has 1 heterocycles. The molecule has 0 spiro atoms. The molecule has 5 nitrogen and oxygen atoms in total. The molecule has 2 rings (SSSR count). The number of hydrogen-bond acceptors (Lipinski definition) is 3. The number of hydrogen-bond donors (Lipinski definition) is 3. The van der Waals surface area contributed by atoms with Crippen molar-refractivity contribution in [3.8, 4) is 0 Å². The highest BCUT2D eigenvalue weighted by Gasteiger charge is 2.30. The fourth-order valence-corrected chi connectivity index (χ4v) is 3.85. The van der Waals surface area contributed by atoms with E-state index in [0.717, 1.165) is 44.7 Å². The lowest BCUT2D eigenvalue weighted by atomic mass is 9.85. The second-order valence-corrected chi connectivity index (χ2v) is 8.19. The van der Waals surface area contributed by atoms with E-state index >= 15 is 0 Å². The maximum atomic E-state index is 10.7. The molecule has 0 aromatic rings. The number of likely N-dealkylation sites (tertiary alicyclic amines) is 1. The summed E-state index contributed by atoms with van der Waals surface area (Å²) >= 11 is 0. The van der Waals surface area contributed by atoms with Crippen molar-refractivity contribution in [2.24, 2.45) is 4.99 Å². The molecular weight excluding hydrogens is 300 g/mol. The molecule has 24 heavy (non-hydrogen) atoms. The first-order valence-electron chi connectivity index (χ1n) is 9.95. The van der Waals surface area contributed by atoms with E-state index in [1.54, 1.807) is 0 Å². The van der Waals surface area contributed by atoms with Crippen LogP contribution >= 0.6 is 0 Å². The Balaban J connectivity index is 1.89. The van der Waals surface area contributed by atoms with Crippen LogP contribution in [0.2, 0.25) is 0 Å². The minimum Gasteiger partial charge on any atom is -0.388 e. The Kier molecular flexibility index (Phi) is 7.35. The minimum absolute atomic E-state index is 0.0878. The maximum absolute atomic E-state index is 10.7. The number of nitrogens with zero attached hydrogens (tertiary/aromatic N) is 2. The van der Waals surface area contributed by atoms with Gasteiger partial charge in [-0.25, -0.2) is 0 Å². The maximum Gasteiger partial charge on any atom is 0.191 e. The number of aliphatic hydroxyl groups is 1. The van der Waals surface area contributed by atoms with Gasteiger partial charge in [-0.05, 0) is 59.5 Å². The monoisotopic (exact) mass is 338 g/mol. The largest absolute Gasteiger partial charge is 0.388 e. The van der Waals surface area contributed by atoms with Gasteiger partial charge >= 0.3 is 0 Å². The lowest BCUT2D eigenvalue weighted by molar-refractivity contribution is 0.00857. The average Bonchev–Trinajstić information content (AvgIpc) is 2.59. The first-order chi connectivity index (χ1) is 11.5. The van der Waals surface area contributed by atoms with Crippen LogP contribution in [0, 0.1) is 0 Å². The fourth-order valence-electron chi connectivity index (χ4n) is 3.85. The first kappa shape index (κ1) is 19.5. The Morgan fingerprint density at radius 1 is 1.04 bits per heavy atom. The molecule has 0 amide bonds. The Morgan fingerprint density at radius 2 is 1.67 bits per heavy atom. The molecule has 2 fully saturated rings. The Bertz CT molecular complexity index is 396. The third-order valence-electron chi connectivity index (χ3n) is 5.55. The summed E-state index contributed by atoms with van der Waals surface area (Å²) in [6.45, 7) is 11.3. The second-order valence-electron chi connectivity index (χ2n) is 8.19. The Morgan fingerprint density at radius 3 is 2.29 bits per heavy atom. The smallest absolute Gasteiger partial charge is 0.191 e. The summed E-state index contributed by atoms with van der Waals surface area (Å²) in [5.74, 6) is 0.835. The predicted octanol–water partition coefficient (Wildman–Crippen LogP) is 2.50. The van der Waals surface area contributed by atoms with Crippen molar-refractivity contribution in [1.29, 1.82) is 0 Å². The number of rotatable bonds is 6. The summed E-state index contributed by atoms with van der Waals surface area (Å²) in [6.07, 6.45) is 9.29. The zero-order valence-corrected chi connectivity index (χ0v) is 16.0. The number of piperidine rings is 1. The zero-order chi connectivity index (χ0) is 17.5. The molecule has 0 radical (unpaired) electrons. The molecule has 0 atom stereocenters. The van der Waals surface area contributed by atoms with Crippen molar-refractivity contribution in [3.05, 3.63) is 0 Å². The molecule has 3 N–H and O–H groups in total. The molecule has 0 aromatic carbocycles. The minimum atomic E-state index is -0.559. The average molecular weight is 339 g/mol. The molecule has 1 saturated carbocycles. The second kappa shape index (κ2) is 9.04. The number of nitrogens with one attached hydrogen (secondary N) is 2. The molecular formula is C19H38N4O. The van der Waals surface area contributed by atoms with Crippen molar-refractivity contribution in [2.45, 2.75) is 83.3 Å². The Hall–Kier alpha value is -0.810. The van der Waals surface area contributed by atoms with Gasteiger partial charge in [0.25, 0.3) is 0 Å². The van der Waals surface area contributed by atoms with Crippen molar-refractivity contribution < 1.29 is 5.11 Å². The SMILES string of the molecule is CCNC(=NCC(C)(C)N1CCCCC1)NCC1(O)CCCCC1. The highest BCUT2D eigenvalue weighted by Crippen LogP contribution is 2.27. The molecule has 140 valence electrons. The zero-order valence-electron chi connectivity index (χ0n) is 16.0. The van der Waals surface area contributed by atoms with Crippen LogP contribution < -0.4 is 10.6 Å². The third kappa shape index (κ3) is 5.92. The summed E-state index contributed by atoms with van der Waals surface area (Å²) < 4.78 is 0. The summed E-state index contributed by atoms with van der Waals surface area (Å²) in [5, 5.41) is 17.4. The lowest BCUT2D eigenvalue weighted by Crippen LogP contribution is -2.51. The molecule has 1 aliphatic heterocycles. The van der Waals surface area contributed by atoms with Gasteiger partial charge in [0, 0.05) is 18.6 Å². The summed E-state index contributed by atoms with van der Waals surface area (Å²) in [6, 6.07) is 0. The highest BCUT2D eigenvalue weighted by molar-refractivity contribution is 5.79. The molecule has 0 unspecified atom stereocenters. The normalized spacial score (nSPS) is 23.1. The van der Waals surface area contributed by atoms with Crippen molar-refractivity contribution in [2.75, 3.05) is 32.7 Å². The molecule has 1 aliphatic carbocycles. The molecule has 2 aliphatic rings. The van der Waals surface area contributed by atoms with Crippen molar-refractivity contribution in [1.82, 2.24) is 15.5 Å². The van der Waals surface area contributed by atoms with Gasteiger partial charge in [-0.1, -0.05) is 25.7 Å². The van der Waals surface area contributed by atoms with E-state index in [9.17, 15) is 5.11 Å². The van der Waals surface area contributed by atoms with Gasteiger partial charge in [0.1, 0.15) is 0 Å². The molecule has 0 bridgehead atoms. The van der Waals surface area contributed by atoms with Gasteiger partial charge in [-0.15, -0.1) is 0 Å². The van der Waals surface area contributed by atoms with Gasteiger partial charge in [-0.3, -0.25) is 9.89 Å². The van der Waals surface area contributed by atoms with E-state index in [1.807, 2.05) is 0 Å². The highest BCUT2D eigenvalue weighted by atomic mass is 16.3. The van der Waals surface area contributed by atoms with Crippen molar-refractivity contribution >= 4 is 5.96 Å². The standard InChI is InChI=1S/C19H38N4O/c1-4-20-17(22-16-19(24)11-7-5-8-12-19)21-15-18(2,3)23-13-9-6-10-14-23/h24H,4-16H2,1-3H3,(H2,20,21,22). The third-order valence-corrected chi connectivity index (χ3v) is 5.55. The fraction of sp³-hybridized carbons (Fsp3) is 0.947. The van der Waals surface area contributed by atoms with Gasteiger partial charge in [0.15, 0.2) is 5.96 Å². The van der Waals surface area contributed by atoms with Crippen LogP contribution in [0.1, 0.15) is 72.1 Å². The van der Waals surface area contributed by atoms with Crippen LogP contribution in [-0.2, 0) is 0 Å². The topological polar surface area (TPSA) is 59.9 Å². The summed E-state index contributed by atoms with van der Waals surface area (Å²) in [4.78, 5) is 7.39. The van der Waals surface area contributed by atoms with Gasteiger partial charge in [-0.2, -0.15) is 0 Å². The number of guanidine groups is 1. The Labute approximate surface area is 148 Å². The van der Waals surface area contributed by atoms with Crippen LogP contribution in [0.3, 0.4) is 0 Å². The summed E-state index contributed by atoms with van der Waals surface area (Å²) in [5.41, 5.74) is -0.471. The van der Waals surface area contributed by atoms with E-state index in [2.05, 4.69) is 36.3 Å². The molecule has 1 saturated heterocycles. The first-order valence-corrected chi connectivity index (χ1v) is 9.95. The van der Waals surface area contributed by atoms with Crippen LogP contribution in [-0.4, -0.2) is 59.8 Å². The van der Waals surface area contributed by atoms with E-state index in [1.165, 1.54) is 38.8 Å². The van der Waals surface area contributed by atoms with E-state index < -0.39 is 5.60 Å². The predicted molar refractivity (Wildman–Crippen MR) is 102 cm³/mol. The van der Waals surface area contributed by atoms with Crippen molar-refractivity contribution in [3.63, 3.8) is 0 Å². The van der Waals surface area contributed by atoms with Gasteiger partial charge < -0.3 is 15.7 Å². The van der Waals surface area contributed by atoms with E-state index in [0.29, 0.717) is 6.54 Å². The van der Waals surface area contributed by atoms with E-state index in [-0.39, 0.29) is 5.54 Å². The van der Waals surface area contributed by atoms with Crippen LogP contribution in [0.5, 0.6) is 0 Å². The molecule has 0 aromatic heterocycles. The lowest BCUT2D eigenvalue weighted by Gasteiger charge is -2.40. The van der Waals surface area contributed by atoms with Gasteiger partial charge in [0.05, 0.1) is 12.1 Å². The van der Waals surface area contributed by atoms with E-state index in [4.69, 9.17) is 4.99 Å². The summed E-state index contributed by atoms with van der Waals surface area (Å²) in [7, 11) is 0. The van der Waals surface area contributed by atoms with Crippen LogP contribution in [0.25, 0.3) is 0 Å². The van der Waals surface area contributed by atoms with Crippen LogP contribution in [0.4, 0.5) is 0 Å². The number of aliphatic imine (C=N–C) groups is 1. The van der Waals surface area contributed by atoms with Gasteiger partial charge in [0.2, 0.25) is 0 Å². The van der Waals surface area contributed by atoms with Crippen LogP contribution in [0.15, 0.2) is 4.99 Å². The molecule has 5 heteroatoms.